The van der Waals surface area contributed by atoms with Crippen LogP contribution in [0.3, 0.4) is 0 Å². The molecule has 11 nitrogen and oxygen atoms in total. The number of esters is 3. The Morgan fingerprint density at radius 3 is 2.31 bits per heavy atom. The van der Waals surface area contributed by atoms with Crippen molar-refractivity contribution in [1.29, 1.82) is 0 Å². The first kappa shape index (κ1) is 24.6. The van der Waals surface area contributed by atoms with Crippen LogP contribution in [-0.2, 0) is 30.3 Å². The fourth-order valence-electron chi connectivity index (χ4n) is 2.37. The summed E-state index contributed by atoms with van der Waals surface area (Å²) in [6.07, 6.45) is 0.226. The third-order valence-corrected chi connectivity index (χ3v) is 5.22. The van der Waals surface area contributed by atoms with Gasteiger partial charge >= 0.3 is 17.9 Å². The molecule has 2 aromatic carbocycles. The van der Waals surface area contributed by atoms with Crippen LogP contribution in [0.15, 0.2) is 53.4 Å². The van der Waals surface area contributed by atoms with Crippen LogP contribution in [0.1, 0.15) is 34.1 Å². The molecule has 2 rings (SSSR count). The summed E-state index contributed by atoms with van der Waals surface area (Å²) in [6.45, 7) is 0.360. The maximum absolute atomic E-state index is 12.1. The van der Waals surface area contributed by atoms with Gasteiger partial charge in [-0.2, -0.15) is 0 Å². The molecule has 1 atom stereocenters. The van der Waals surface area contributed by atoms with Crippen LogP contribution in [-0.4, -0.2) is 46.7 Å². The van der Waals surface area contributed by atoms with E-state index in [4.69, 9.17) is 14.2 Å². The Hall–Kier alpha value is -3.64. The number of benzene rings is 2. The molecule has 0 saturated heterocycles. The second-order valence-electron chi connectivity index (χ2n) is 6.06. The van der Waals surface area contributed by atoms with Crippen molar-refractivity contribution in [2.45, 2.75) is 18.2 Å². The summed E-state index contributed by atoms with van der Waals surface area (Å²) in [5.41, 5.74) is 0.132. The van der Waals surface area contributed by atoms with Crippen LogP contribution in [0.2, 0.25) is 0 Å². The Labute approximate surface area is 185 Å². The Bertz CT molecular complexity index is 963. The number of hydrogen-bond donors (Lipinski definition) is 0. The maximum Gasteiger partial charge on any atom is 0.344 e. The van der Waals surface area contributed by atoms with Crippen LogP contribution < -0.4 is 4.74 Å². The van der Waals surface area contributed by atoms with E-state index in [1.165, 1.54) is 43.3 Å². The van der Waals surface area contributed by atoms with Gasteiger partial charge in [0.15, 0.2) is 4.90 Å². The average Bonchev–Trinajstić information content (AvgIpc) is 2.76. The molecule has 0 fully saturated rings. The molecule has 0 bridgehead atoms. The predicted molar refractivity (Wildman–Crippen MR) is 109 cm³/mol. The van der Waals surface area contributed by atoms with Gasteiger partial charge in [0, 0.05) is 13.3 Å². The van der Waals surface area contributed by atoms with E-state index in [-0.39, 0.29) is 35.7 Å². The number of carbonyl (C=O) groups excluding carboxylic acids is 3. The molecule has 2 aromatic rings. The number of para-hydroxylation sites is 1. The summed E-state index contributed by atoms with van der Waals surface area (Å²) in [7, 11) is 0. The topological polar surface area (TPSA) is 154 Å². The van der Waals surface area contributed by atoms with Crippen LogP contribution in [0.4, 0.5) is 0 Å². The SMILES string of the molecule is CC(=O)Oc1ccccc1C(=O)OCOC(=O)c1ccc([S+]([O-])CCCO[N+](=O)[O-])cc1. The van der Waals surface area contributed by atoms with Gasteiger partial charge in [0.05, 0.1) is 5.56 Å². The van der Waals surface area contributed by atoms with E-state index < -0.39 is 41.0 Å². The van der Waals surface area contributed by atoms with Crippen LogP contribution in [0.25, 0.3) is 0 Å². The Morgan fingerprint density at radius 2 is 1.66 bits per heavy atom. The number of hydrogen-bond acceptors (Lipinski definition) is 10. The molecule has 0 aromatic heterocycles. The molecule has 170 valence electrons. The van der Waals surface area contributed by atoms with Gasteiger partial charge in [-0.15, -0.1) is 10.1 Å². The quantitative estimate of drug-likeness (QED) is 0.0918. The molecular weight excluding hydrogens is 446 g/mol. The highest BCUT2D eigenvalue weighted by atomic mass is 32.2. The van der Waals surface area contributed by atoms with Crippen molar-refractivity contribution in [2.24, 2.45) is 0 Å². The fraction of sp³-hybridized carbons (Fsp3) is 0.250. The Kier molecular flexibility index (Phi) is 9.44. The van der Waals surface area contributed by atoms with Crippen molar-refractivity contribution in [2.75, 3.05) is 19.2 Å². The lowest BCUT2D eigenvalue weighted by atomic mass is 10.2. The third kappa shape index (κ3) is 7.89. The molecule has 0 spiro atoms. The van der Waals surface area contributed by atoms with Gasteiger partial charge in [0.1, 0.15) is 23.7 Å². The highest BCUT2D eigenvalue weighted by Gasteiger charge is 2.17. The molecule has 0 amide bonds. The minimum atomic E-state index is -1.42. The van der Waals surface area contributed by atoms with Crippen molar-refractivity contribution in [3.8, 4) is 5.75 Å². The lowest BCUT2D eigenvalue weighted by molar-refractivity contribution is -0.757. The zero-order chi connectivity index (χ0) is 23.5. The van der Waals surface area contributed by atoms with Crippen LogP contribution in [0, 0.1) is 10.1 Å². The number of ether oxygens (including phenoxy) is 3. The molecule has 1 unspecified atom stereocenters. The Morgan fingerprint density at radius 1 is 1.00 bits per heavy atom. The van der Waals surface area contributed by atoms with Crippen LogP contribution in [0.5, 0.6) is 5.75 Å². The lowest BCUT2D eigenvalue weighted by Crippen LogP contribution is -2.15. The Balaban J connectivity index is 1.83. The minimum absolute atomic E-state index is 0.00538. The average molecular weight is 465 g/mol. The van der Waals surface area contributed by atoms with Gasteiger partial charge in [-0.1, -0.05) is 12.1 Å². The second-order valence-corrected chi connectivity index (χ2v) is 7.63. The van der Waals surface area contributed by atoms with Gasteiger partial charge < -0.3 is 23.6 Å². The molecule has 0 aliphatic carbocycles. The van der Waals surface area contributed by atoms with Gasteiger partial charge in [-0.3, -0.25) is 4.79 Å². The summed E-state index contributed by atoms with van der Waals surface area (Å²) in [6, 6.07) is 11.6. The van der Waals surface area contributed by atoms with Gasteiger partial charge in [0.2, 0.25) is 6.79 Å². The van der Waals surface area contributed by atoms with Crippen LogP contribution >= 0.6 is 0 Å². The lowest BCUT2D eigenvalue weighted by Gasteiger charge is -2.11. The van der Waals surface area contributed by atoms with Crippen molar-refractivity contribution < 1.29 is 43.1 Å². The van der Waals surface area contributed by atoms with E-state index in [0.717, 1.165) is 0 Å². The third-order valence-electron chi connectivity index (χ3n) is 3.76. The van der Waals surface area contributed by atoms with E-state index in [0.29, 0.717) is 4.90 Å². The van der Waals surface area contributed by atoms with Crippen molar-refractivity contribution >= 4 is 29.1 Å². The standard InChI is InChI=1S/C20H19NO10S/c1-14(22)31-18-6-3-2-5-17(18)20(24)29-13-28-19(23)15-7-9-16(10-8-15)32(27)12-4-11-30-21(25)26/h2-3,5-10H,4,11-13H2,1H3. The molecule has 0 aliphatic heterocycles. The summed E-state index contributed by atoms with van der Waals surface area (Å²) < 4.78 is 26.8. The summed E-state index contributed by atoms with van der Waals surface area (Å²) in [5, 5.41) is 9.15. The molecule has 0 aliphatic rings. The summed E-state index contributed by atoms with van der Waals surface area (Å²) >= 11 is -1.42. The molecule has 32 heavy (non-hydrogen) atoms. The fourth-order valence-corrected chi connectivity index (χ4v) is 3.42. The minimum Gasteiger partial charge on any atom is -0.611 e. The monoisotopic (exact) mass is 465 g/mol. The first-order valence-electron chi connectivity index (χ1n) is 9.15. The molecule has 0 saturated carbocycles. The van der Waals surface area contributed by atoms with E-state index in [1.807, 2.05) is 0 Å². The highest BCUT2D eigenvalue weighted by Crippen LogP contribution is 2.19. The van der Waals surface area contributed by atoms with Crippen molar-refractivity contribution in [1.82, 2.24) is 0 Å². The largest absolute Gasteiger partial charge is 0.611 e. The molecule has 12 heteroatoms. The van der Waals surface area contributed by atoms with Gasteiger partial charge in [-0.25, -0.2) is 9.59 Å². The van der Waals surface area contributed by atoms with E-state index in [2.05, 4.69) is 4.84 Å². The predicted octanol–water partition coefficient (Wildman–Crippen LogP) is 2.29. The summed E-state index contributed by atoms with van der Waals surface area (Å²) in [5.74, 6) is -2.05. The van der Waals surface area contributed by atoms with Crippen molar-refractivity contribution in [3.05, 3.63) is 69.8 Å². The number of nitrogens with zero attached hydrogens (tertiary/aromatic N) is 1. The van der Waals surface area contributed by atoms with Gasteiger partial charge in [0.25, 0.3) is 5.09 Å². The first-order chi connectivity index (χ1) is 15.3. The zero-order valence-electron chi connectivity index (χ0n) is 16.9. The molecule has 0 heterocycles. The smallest absolute Gasteiger partial charge is 0.344 e. The summed E-state index contributed by atoms with van der Waals surface area (Å²) in [4.78, 5) is 50.0. The maximum atomic E-state index is 12.1. The normalized spacial score (nSPS) is 11.2. The van der Waals surface area contributed by atoms with E-state index in [9.17, 15) is 29.1 Å². The molecule has 0 radical (unpaired) electrons. The van der Waals surface area contributed by atoms with Crippen molar-refractivity contribution in [3.63, 3.8) is 0 Å². The molecular formula is C20H19NO10S. The highest BCUT2D eigenvalue weighted by molar-refractivity contribution is 7.91. The second kappa shape index (κ2) is 12.3. The first-order valence-corrected chi connectivity index (χ1v) is 10.5. The van der Waals surface area contributed by atoms with E-state index >= 15 is 0 Å². The van der Waals surface area contributed by atoms with Gasteiger partial charge in [-0.05, 0) is 47.6 Å². The molecule has 0 N–H and O–H groups in total. The van der Waals surface area contributed by atoms with E-state index in [1.54, 1.807) is 12.1 Å². The zero-order valence-corrected chi connectivity index (χ0v) is 17.7. The number of carbonyl (C=O) groups is 3. The number of rotatable bonds is 11.